The zero-order chi connectivity index (χ0) is 31.6. The van der Waals surface area contributed by atoms with Gasteiger partial charge in [-0.3, -0.25) is 9.59 Å². The number of aliphatic carboxylic acids is 2. The number of hydrogen-bond donors (Lipinski definition) is 8. The van der Waals surface area contributed by atoms with E-state index >= 15 is 0 Å². The Morgan fingerprint density at radius 1 is 0.674 bits per heavy atom. The van der Waals surface area contributed by atoms with Crippen LogP contribution in [-0.4, -0.2) is 52.3 Å². The summed E-state index contributed by atoms with van der Waals surface area (Å²) in [7, 11) is 0. The van der Waals surface area contributed by atoms with Crippen LogP contribution in [0.4, 0.5) is 0 Å². The third-order valence-corrected chi connectivity index (χ3v) is 7.70. The predicted octanol–water partition coefficient (Wildman–Crippen LogP) is 0.218. The summed E-state index contributed by atoms with van der Waals surface area (Å²) in [5.74, 6) is -1.89. The molecule has 0 saturated carbocycles. The lowest BCUT2D eigenvalue weighted by Crippen LogP contribution is -2.24. The average Bonchev–Trinajstić information content (AvgIpc) is 3.59. The fourth-order valence-electron chi connectivity index (χ4n) is 5.21. The lowest BCUT2D eigenvalue weighted by molar-refractivity contribution is -0.138. The fourth-order valence-corrected chi connectivity index (χ4v) is 5.21. The van der Waals surface area contributed by atoms with Crippen LogP contribution in [0.1, 0.15) is 57.6 Å². The van der Waals surface area contributed by atoms with Gasteiger partial charge in [-0.1, -0.05) is 18.9 Å². The number of aromatic amines is 4. The normalized spacial score (nSPS) is 11.9. The van der Waals surface area contributed by atoms with Crippen molar-refractivity contribution >= 4 is 41.3 Å². The summed E-state index contributed by atoms with van der Waals surface area (Å²) in [4.78, 5) is 35.5. The van der Waals surface area contributed by atoms with Crippen molar-refractivity contribution < 1.29 is 30.0 Å². The number of aromatic hydroxyl groups is 2. The molecule has 0 amide bonds. The maximum absolute atomic E-state index is 11.5. The molecule has 0 aromatic carbocycles. The van der Waals surface area contributed by atoms with Crippen molar-refractivity contribution in [3.63, 3.8) is 0 Å². The molecule has 0 radical (unpaired) electrons. The first-order valence-electron chi connectivity index (χ1n) is 13.6. The third-order valence-electron chi connectivity index (χ3n) is 7.70. The van der Waals surface area contributed by atoms with Crippen molar-refractivity contribution in [2.75, 3.05) is 0 Å². The molecule has 222 valence electrons. The summed E-state index contributed by atoms with van der Waals surface area (Å²) in [6.45, 7) is 14.7. The van der Waals surface area contributed by atoms with E-state index in [1.54, 1.807) is 13.8 Å². The van der Waals surface area contributed by atoms with Crippen LogP contribution >= 0.6 is 0 Å². The smallest absolute Gasteiger partial charge is 0.303 e. The van der Waals surface area contributed by atoms with Crippen molar-refractivity contribution in [3.8, 4) is 11.8 Å². The van der Waals surface area contributed by atoms with Gasteiger partial charge < -0.3 is 40.4 Å². The molecule has 0 unspecified atom stereocenters. The first-order chi connectivity index (χ1) is 20.4. The number of carboxylic acid groups (broad SMARTS) is 2. The summed E-state index contributed by atoms with van der Waals surface area (Å²) in [5.41, 5.74) is 14.6. The molecule has 0 saturated heterocycles. The molecular formula is C33H34N4O6. The summed E-state index contributed by atoms with van der Waals surface area (Å²) < 4.78 is 0. The Labute approximate surface area is 246 Å². The van der Waals surface area contributed by atoms with E-state index < -0.39 is 11.9 Å². The first-order valence-corrected chi connectivity index (χ1v) is 13.6. The van der Waals surface area contributed by atoms with Gasteiger partial charge in [0, 0.05) is 45.9 Å². The molecule has 0 aliphatic heterocycles. The van der Waals surface area contributed by atoms with E-state index in [0.717, 1.165) is 22.3 Å². The van der Waals surface area contributed by atoms with Gasteiger partial charge in [0.15, 0.2) is 11.8 Å². The number of hydrogen-bond acceptors (Lipinski definition) is 4. The molecule has 4 heterocycles. The van der Waals surface area contributed by atoms with Crippen LogP contribution in [0, 0.1) is 27.7 Å². The van der Waals surface area contributed by atoms with Crippen molar-refractivity contribution in [2.45, 2.75) is 53.4 Å². The largest absolute Gasteiger partial charge is 0.494 e. The van der Waals surface area contributed by atoms with Gasteiger partial charge in [-0.2, -0.15) is 0 Å². The lowest BCUT2D eigenvalue weighted by atomic mass is 10.0. The van der Waals surface area contributed by atoms with E-state index in [4.69, 9.17) is 0 Å². The Morgan fingerprint density at radius 3 is 1.84 bits per heavy atom. The quantitative estimate of drug-likeness (QED) is 0.147. The van der Waals surface area contributed by atoms with Gasteiger partial charge in [0.2, 0.25) is 0 Å². The van der Waals surface area contributed by atoms with Crippen LogP contribution in [-0.2, 0) is 22.4 Å². The Morgan fingerprint density at radius 2 is 1.23 bits per heavy atom. The topological polar surface area (TPSA) is 178 Å². The van der Waals surface area contributed by atoms with Gasteiger partial charge in [0.25, 0.3) is 0 Å². The van der Waals surface area contributed by atoms with Gasteiger partial charge in [-0.15, -0.1) is 11.5 Å². The zero-order valence-electron chi connectivity index (χ0n) is 24.5. The summed E-state index contributed by atoms with van der Waals surface area (Å²) >= 11 is 0. The van der Waals surface area contributed by atoms with E-state index in [2.05, 4.69) is 50.3 Å². The van der Waals surface area contributed by atoms with Gasteiger partial charge in [-0.05, 0) is 74.9 Å². The van der Waals surface area contributed by atoms with Crippen LogP contribution in [0.5, 0.6) is 11.8 Å². The highest BCUT2D eigenvalue weighted by Gasteiger charge is 2.16. The minimum atomic E-state index is -0.941. The van der Waals surface area contributed by atoms with Crippen LogP contribution in [0.15, 0.2) is 13.2 Å². The van der Waals surface area contributed by atoms with Crippen molar-refractivity contribution in [1.82, 2.24) is 19.9 Å². The zero-order valence-corrected chi connectivity index (χ0v) is 24.5. The Bertz CT molecular complexity index is 2210. The number of aromatic nitrogens is 4. The highest BCUT2D eigenvalue weighted by atomic mass is 16.4. The molecular weight excluding hydrogens is 548 g/mol. The molecule has 0 atom stereocenters. The maximum atomic E-state index is 11.5. The number of rotatable bonds is 8. The summed E-state index contributed by atoms with van der Waals surface area (Å²) in [6, 6.07) is 0. The first kappa shape index (κ1) is 30.4. The Hall–Kier alpha value is -5.52. The van der Waals surface area contributed by atoms with Crippen LogP contribution in [0.25, 0.3) is 29.3 Å². The molecule has 10 heteroatoms. The standard InChI is InChI=1S/C33H34N4O6/c1-7-20-18(5)32(42)36-26(20)13-24-16(3)22(9-11-30(38)39)28(34-24)15-29-23(10-12-31(40)41)17(4)25(35-29)14-27-21(8-2)19(6)33(43)37-27/h13,15,34-37,42-43H,1-2,9-12H2,3-6H3,(H,38,39)(H,40,41). The average molecular weight is 583 g/mol. The highest BCUT2D eigenvalue weighted by molar-refractivity contribution is 5.69. The lowest BCUT2D eigenvalue weighted by Gasteiger charge is -2.01. The number of nitrogens with one attached hydrogen (secondary N) is 4. The number of H-pyrrole nitrogens is 4. The third kappa shape index (κ3) is 6.08. The van der Waals surface area contributed by atoms with Crippen molar-refractivity contribution in [2.24, 2.45) is 0 Å². The Balaban J connectivity index is 2.07. The van der Waals surface area contributed by atoms with E-state index in [-0.39, 0.29) is 37.4 Å². The van der Waals surface area contributed by atoms with Crippen molar-refractivity contribution in [1.29, 1.82) is 0 Å². The second-order valence-corrected chi connectivity index (χ2v) is 10.4. The predicted molar refractivity (Wildman–Crippen MR) is 163 cm³/mol. The molecule has 0 bridgehead atoms. The minimum absolute atomic E-state index is 0.00671. The van der Waals surface area contributed by atoms with Crippen LogP contribution in [0.2, 0.25) is 0 Å². The summed E-state index contributed by atoms with van der Waals surface area (Å²) in [6.07, 6.45) is 3.95. The van der Waals surface area contributed by atoms with Crippen molar-refractivity contribution in [3.05, 3.63) is 89.8 Å². The molecule has 10 nitrogen and oxygen atoms in total. The number of carbonyl (C=O) groups is 2. The van der Waals surface area contributed by atoms with Crippen LogP contribution < -0.4 is 31.8 Å². The molecule has 0 aliphatic carbocycles. The minimum Gasteiger partial charge on any atom is -0.494 e. The molecule has 43 heavy (non-hydrogen) atoms. The van der Waals surface area contributed by atoms with Gasteiger partial charge in [0.1, 0.15) is 5.35 Å². The van der Waals surface area contributed by atoms with Crippen LogP contribution in [0.3, 0.4) is 0 Å². The molecule has 4 rings (SSSR count). The van der Waals surface area contributed by atoms with E-state index in [0.29, 0.717) is 54.3 Å². The second kappa shape index (κ2) is 12.1. The molecule has 0 fully saturated rings. The van der Waals surface area contributed by atoms with Gasteiger partial charge in [0.05, 0.1) is 15.9 Å². The van der Waals surface area contributed by atoms with Gasteiger partial charge in [-0.25, -0.2) is 0 Å². The highest BCUT2D eigenvalue weighted by Crippen LogP contribution is 2.22. The second-order valence-electron chi connectivity index (χ2n) is 10.4. The molecule has 0 aliphatic rings. The summed E-state index contributed by atoms with van der Waals surface area (Å²) in [5, 5.41) is 42.7. The number of carboxylic acids is 2. The molecule has 0 spiro atoms. The van der Waals surface area contributed by atoms with E-state index in [1.807, 2.05) is 26.0 Å². The fraction of sp³-hybridized carbons (Fsp3) is 0.242. The molecule has 8 N–H and O–H groups in total. The maximum Gasteiger partial charge on any atom is 0.303 e. The Kier molecular flexibility index (Phi) is 8.60. The van der Waals surface area contributed by atoms with E-state index in [9.17, 15) is 30.0 Å². The monoisotopic (exact) mass is 582 g/mol. The SMILES string of the molecule is C=C=c1c(C)c(O)[nH]c1=C=c1[nH]c(=Cc2[nH]c(C=c3[nH]c(O)c(C)c3=C=C)c(C)c2CCC(=O)O)c(CCC(=O)O)c1C. The molecule has 4 aromatic heterocycles. The van der Waals surface area contributed by atoms with Gasteiger partial charge >= 0.3 is 11.9 Å². The van der Waals surface area contributed by atoms with E-state index in [1.165, 1.54) is 0 Å². The molecule has 4 aromatic rings.